The van der Waals surface area contributed by atoms with E-state index in [1.165, 1.54) is 18.4 Å². The zero-order chi connectivity index (χ0) is 13.7. The molecular weight excluding hydrogens is 293 g/mol. The topological polar surface area (TPSA) is 21.3 Å². The van der Waals surface area contributed by atoms with E-state index in [1.54, 1.807) is 0 Å². The van der Waals surface area contributed by atoms with Crippen LogP contribution in [0.5, 0.6) is 0 Å². The summed E-state index contributed by atoms with van der Waals surface area (Å²) in [5.41, 5.74) is 1.56. The Morgan fingerprint density at radius 3 is 2.80 bits per heavy atom. The number of hydrogen-bond acceptors (Lipinski definition) is 2. The normalized spacial score (nSPS) is 35.1. The molecule has 0 radical (unpaired) electrons. The summed E-state index contributed by atoms with van der Waals surface area (Å²) in [7, 11) is 0. The molecule has 1 aliphatic heterocycles. The first-order valence-electron chi connectivity index (χ1n) is 7.46. The summed E-state index contributed by atoms with van der Waals surface area (Å²) in [6.07, 6.45) is 2.71. The maximum Gasteiger partial charge on any atom is 0.0595 e. The van der Waals surface area contributed by atoms with Crippen LogP contribution < -0.4 is 5.32 Å². The van der Waals surface area contributed by atoms with Gasteiger partial charge in [0.25, 0.3) is 0 Å². The molecule has 4 rings (SSSR count). The molecule has 2 saturated carbocycles. The summed E-state index contributed by atoms with van der Waals surface area (Å²) >= 11 is 12.2. The molecule has 2 nitrogen and oxygen atoms in total. The summed E-state index contributed by atoms with van der Waals surface area (Å²) in [4.78, 5) is 0. The second-order valence-electron chi connectivity index (χ2n) is 6.49. The summed E-state index contributed by atoms with van der Waals surface area (Å²) in [5, 5.41) is 4.80. The van der Waals surface area contributed by atoms with Crippen molar-refractivity contribution in [3.05, 3.63) is 33.8 Å². The van der Waals surface area contributed by atoms with Gasteiger partial charge in [-0.2, -0.15) is 0 Å². The number of rotatable bonds is 5. The van der Waals surface area contributed by atoms with Gasteiger partial charge in [0.2, 0.25) is 0 Å². The second kappa shape index (κ2) is 4.88. The Labute approximate surface area is 129 Å². The largest absolute Gasteiger partial charge is 0.381 e. The van der Waals surface area contributed by atoms with Crippen LogP contribution >= 0.6 is 23.2 Å². The van der Waals surface area contributed by atoms with Crippen LogP contribution in [0.15, 0.2) is 18.2 Å². The molecule has 4 heteroatoms. The molecule has 0 aromatic heterocycles. The van der Waals surface area contributed by atoms with Crippen LogP contribution in [0, 0.1) is 17.8 Å². The second-order valence-corrected chi connectivity index (χ2v) is 7.31. The fourth-order valence-electron chi connectivity index (χ4n) is 3.85. The lowest BCUT2D eigenvalue weighted by atomic mass is 9.93. The van der Waals surface area contributed by atoms with Gasteiger partial charge in [0.1, 0.15) is 0 Å². The van der Waals surface area contributed by atoms with E-state index in [4.69, 9.17) is 27.9 Å². The molecule has 0 unspecified atom stereocenters. The number of benzene rings is 1. The first-order valence-corrected chi connectivity index (χ1v) is 8.21. The summed E-state index contributed by atoms with van der Waals surface area (Å²) < 4.78 is 5.93. The van der Waals surface area contributed by atoms with Crippen LogP contribution in [0.3, 0.4) is 0 Å². The minimum atomic E-state index is 0.234. The minimum absolute atomic E-state index is 0.234. The molecule has 1 aromatic carbocycles. The molecule has 0 amide bonds. The predicted octanol–water partition coefficient (Wildman–Crippen LogP) is 3.51. The van der Waals surface area contributed by atoms with Crippen molar-refractivity contribution in [2.24, 2.45) is 17.8 Å². The highest BCUT2D eigenvalue weighted by Gasteiger charge is 2.67. The number of hydrogen-bond donors (Lipinski definition) is 1. The third-order valence-electron chi connectivity index (χ3n) is 5.29. The first-order chi connectivity index (χ1) is 9.72. The highest BCUT2D eigenvalue weighted by atomic mass is 35.5. The van der Waals surface area contributed by atoms with Crippen LogP contribution in [0.25, 0.3) is 0 Å². The molecule has 0 spiro atoms. The van der Waals surface area contributed by atoms with E-state index < -0.39 is 0 Å². The number of fused-ring (bicyclic) bond motifs is 1. The Morgan fingerprint density at radius 1 is 1.20 bits per heavy atom. The molecular formula is C16H19Cl2NO. The minimum Gasteiger partial charge on any atom is -0.381 e. The smallest absolute Gasteiger partial charge is 0.0595 e. The average Bonchev–Trinajstić information content (AvgIpc) is 3.32. The summed E-state index contributed by atoms with van der Waals surface area (Å²) in [6, 6.07) is 6.10. The highest BCUT2D eigenvalue weighted by molar-refractivity contribution is 6.42. The number of piperidine rings is 1. The Kier molecular flexibility index (Phi) is 3.26. The van der Waals surface area contributed by atoms with Crippen LogP contribution in [0.1, 0.15) is 18.4 Å². The van der Waals surface area contributed by atoms with E-state index in [2.05, 4.69) is 11.4 Å². The van der Waals surface area contributed by atoms with Gasteiger partial charge in [0, 0.05) is 18.6 Å². The van der Waals surface area contributed by atoms with Crippen molar-refractivity contribution in [2.45, 2.75) is 18.3 Å². The molecule has 20 heavy (non-hydrogen) atoms. The summed E-state index contributed by atoms with van der Waals surface area (Å²) in [5.74, 6) is 2.17. The zero-order valence-corrected chi connectivity index (χ0v) is 12.9. The molecule has 1 heterocycles. The van der Waals surface area contributed by atoms with Gasteiger partial charge in [0.15, 0.2) is 0 Å². The summed E-state index contributed by atoms with van der Waals surface area (Å²) in [6.45, 7) is 3.97. The lowest BCUT2D eigenvalue weighted by Crippen LogP contribution is -2.25. The van der Waals surface area contributed by atoms with E-state index in [-0.39, 0.29) is 5.41 Å². The van der Waals surface area contributed by atoms with Crippen molar-refractivity contribution in [2.75, 3.05) is 26.3 Å². The molecule has 3 fully saturated rings. The van der Waals surface area contributed by atoms with Gasteiger partial charge in [-0.3, -0.25) is 0 Å². The lowest BCUT2D eigenvalue weighted by Gasteiger charge is -2.17. The molecule has 1 saturated heterocycles. The van der Waals surface area contributed by atoms with E-state index >= 15 is 0 Å². The van der Waals surface area contributed by atoms with Crippen molar-refractivity contribution in [1.82, 2.24) is 5.32 Å². The standard InChI is InChI=1S/C16H19Cl2NO/c17-14-4-3-11(5-15(14)18)16-9-19-6-12(16)13(16)8-20-7-10-1-2-10/h3-5,10,12-13,19H,1-2,6-9H2/t12-,13-,16-/m1/s1. The third-order valence-corrected chi connectivity index (χ3v) is 6.03. The Balaban J connectivity index is 1.50. The van der Waals surface area contributed by atoms with Crippen molar-refractivity contribution in [1.29, 1.82) is 0 Å². The number of ether oxygens (including phenoxy) is 1. The Bertz CT molecular complexity index is 531. The molecule has 1 N–H and O–H groups in total. The Hall–Kier alpha value is -0.280. The number of nitrogens with one attached hydrogen (secondary N) is 1. The van der Waals surface area contributed by atoms with Gasteiger partial charge in [-0.1, -0.05) is 29.3 Å². The van der Waals surface area contributed by atoms with Gasteiger partial charge in [-0.05, 0) is 54.8 Å². The van der Waals surface area contributed by atoms with Gasteiger partial charge >= 0.3 is 0 Å². The fraction of sp³-hybridized carbons (Fsp3) is 0.625. The van der Waals surface area contributed by atoms with Gasteiger partial charge in [-0.15, -0.1) is 0 Å². The predicted molar refractivity (Wildman–Crippen MR) is 81.5 cm³/mol. The quantitative estimate of drug-likeness (QED) is 0.898. The SMILES string of the molecule is Clc1ccc([C@]23CNC[C@@H]2[C@H]3COCC2CC2)cc1Cl. The van der Waals surface area contributed by atoms with Crippen molar-refractivity contribution < 1.29 is 4.74 Å². The molecule has 1 aromatic rings. The maximum absolute atomic E-state index is 6.19. The molecule has 108 valence electrons. The maximum atomic E-state index is 6.19. The van der Waals surface area contributed by atoms with Crippen molar-refractivity contribution in [3.63, 3.8) is 0 Å². The molecule has 3 aliphatic rings. The Morgan fingerprint density at radius 2 is 2.05 bits per heavy atom. The van der Waals surface area contributed by atoms with Crippen molar-refractivity contribution >= 4 is 23.2 Å². The van der Waals surface area contributed by atoms with Crippen molar-refractivity contribution in [3.8, 4) is 0 Å². The van der Waals surface area contributed by atoms with E-state index in [0.717, 1.165) is 32.2 Å². The molecule has 0 bridgehead atoms. The molecule has 3 atom stereocenters. The number of halogens is 2. The highest BCUT2D eigenvalue weighted by Crippen LogP contribution is 2.62. The zero-order valence-electron chi connectivity index (χ0n) is 11.4. The van der Waals surface area contributed by atoms with Crippen LogP contribution in [0.4, 0.5) is 0 Å². The average molecular weight is 312 g/mol. The van der Waals surface area contributed by atoms with E-state index in [9.17, 15) is 0 Å². The third kappa shape index (κ3) is 2.09. The van der Waals surface area contributed by atoms with Crippen LogP contribution in [-0.2, 0) is 10.2 Å². The van der Waals surface area contributed by atoms with Gasteiger partial charge in [-0.25, -0.2) is 0 Å². The van der Waals surface area contributed by atoms with Crippen LogP contribution in [0.2, 0.25) is 10.0 Å². The first kappa shape index (κ1) is 13.4. The van der Waals surface area contributed by atoms with E-state index in [1.807, 2.05) is 12.1 Å². The molecule has 2 aliphatic carbocycles. The van der Waals surface area contributed by atoms with Gasteiger partial charge < -0.3 is 10.1 Å². The van der Waals surface area contributed by atoms with Crippen LogP contribution in [-0.4, -0.2) is 26.3 Å². The monoisotopic (exact) mass is 311 g/mol. The lowest BCUT2D eigenvalue weighted by molar-refractivity contribution is 0.106. The van der Waals surface area contributed by atoms with Gasteiger partial charge in [0.05, 0.1) is 16.7 Å². The fourth-order valence-corrected chi connectivity index (χ4v) is 4.15. The van der Waals surface area contributed by atoms with E-state index in [0.29, 0.717) is 21.9 Å².